The molecule has 0 radical (unpaired) electrons. The Morgan fingerprint density at radius 3 is 1.32 bits per heavy atom. The van der Waals surface area contributed by atoms with Crippen LogP contribution in [0.15, 0.2) is 0 Å². The lowest BCUT2D eigenvalue weighted by molar-refractivity contribution is -0.145. The van der Waals surface area contributed by atoms with Gasteiger partial charge in [-0.3, -0.25) is 14.4 Å². The Morgan fingerprint density at radius 2 is 0.912 bits per heavy atom. The molecule has 0 N–H and O–H groups in total. The maximum Gasteiger partial charge on any atom is 0.305 e. The standard InChI is InChI=1S/C50H91NO6/c1-7-21-42(22-8-2)25-13-15-27-45(52)55-34-18-30-48-37-44-38-49(39-48,31-19-35-56-47(54)29-17-33-51(11-5)12-6)41-50(44,40-48)32-20-36-57-46(53)28-16-14-26-43(23-9-3)24-10-4/h42-44H,7-41H2,1-6H3. The van der Waals surface area contributed by atoms with Gasteiger partial charge in [0.15, 0.2) is 0 Å². The van der Waals surface area contributed by atoms with Crippen LogP contribution in [0.4, 0.5) is 0 Å². The number of rotatable bonds is 36. The molecule has 0 spiro atoms. The number of esters is 3. The van der Waals surface area contributed by atoms with Gasteiger partial charge in [-0.25, -0.2) is 0 Å². The second-order valence-corrected chi connectivity index (χ2v) is 19.5. The van der Waals surface area contributed by atoms with E-state index in [1.54, 1.807) is 0 Å². The summed E-state index contributed by atoms with van der Waals surface area (Å²) < 4.78 is 17.4. The first-order valence-corrected chi connectivity index (χ1v) is 24.8. The van der Waals surface area contributed by atoms with E-state index < -0.39 is 0 Å². The van der Waals surface area contributed by atoms with Crippen LogP contribution < -0.4 is 0 Å². The molecule has 0 saturated heterocycles. The van der Waals surface area contributed by atoms with Gasteiger partial charge in [0.2, 0.25) is 0 Å². The van der Waals surface area contributed by atoms with Gasteiger partial charge < -0.3 is 19.1 Å². The molecule has 4 unspecified atom stereocenters. The lowest BCUT2D eigenvalue weighted by Crippen LogP contribution is -2.38. The van der Waals surface area contributed by atoms with Crippen LogP contribution >= 0.6 is 0 Å². The molecule has 57 heavy (non-hydrogen) atoms. The van der Waals surface area contributed by atoms with E-state index in [-0.39, 0.29) is 17.9 Å². The fourth-order valence-electron chi connectivity index (χ4n) is 12.5. The van der Waals surface area contributed by atoms with Crippen LogP contribution in [-0.4, -0.2) is 62.3 Å². The molecule has 7 heteroatoms. The van der Waals surface area contributed by atoms with Gasteiger partial charge in [-0.05, 0) is 144 Å². The number of carbonyl (C=O) groups excluding carboxylic acids is 3. The van der Waals surface area contributed by atoms with Crippen LogP contribution in [0.5, 0.6) is 0 Å². The van der Waals surface area contributed by atoms with Crippen molar-refractivity contribution in [3.63, 3.8) is 0 Å². The van der Waals surface area contributed by atoms with Crippen molar-refractivity contribution in [2.75, 3.05) is 39.5 Å². The fraction of sp³-hybridized carbons (Fsp3) is 0.940. The van der Waals surface area contributed by atoms with E-state index in [0.717, 1.165) is 108 Å². The molecule has 4 bridgehead atoms. The number of hydrogen-bond donors (Lipinski definition) is 0. The van der Waals surface area contributed by atoms with E-state index in [1.165, 1.54) is 96.3 Å². The monoisotopic (exact) mass is 802 g/mol. The normalized spacial score (nSPS) is 23.6. The Morgan fingerprint density at radius 1 is 0.509 bits per heavy atom. The Kier molecular flexibility index (Phi) is 23.8. The Hall–Kier alpha value is -1.63. The maximum atomic E-state index is 12.7. The highest BCUT2D eigenvalue weighted by Gasteiger charge is 2.67. The number of carbonyl (C=O) groups is 3. The first-order valence-electron chi connectivity index (χ1n) is 24.8. The third kappa shape index (κ3) is 17.5. The number of nitrogens with zero attached hydrogens (tertiary/aromatic N) is 1. The number of ether oxygens (including phenoxy) is 3. The third-order valence-corrected chi connectivity index (χ3v) is 14.8. The molecule has 7 nitrogen and oxygen atoms in total. The van der Waals surface area contributed by atoms with E-state index in [0.29, 0.717) is 55.3 Å². The molecule has 4 aliphatic rings. The van der Waals surface area contributed by atoms with E-state index in [9.17, 15) is 14.4 Å². The topological polar surface area (TPSA) is 82.1 Å². The highest BCUT2D eigenvalue weighted by atomic mass is 16.5. The van der Waals surface area contributed by atoms with Gasteiger partial charge >= 0.3 is 17.9 Å². The van der Waals surface area contributed by atoms with Crippen molar-refractivity contribution in [3.05, 3.63) is 0 Å². The molecule has 0 aromatic carbocycles. The van der Waals surface area contributed by atoms with Crippen molar-refractivity contribution in [1.29, 1.82) is 0 Å². The summed E-state index contributed by atoms with van der Waals surface area (Å²) in [6.07, 6.45) is 31.9. The summed E-state index contributed by atoms with van der Waals surface area (Å²) >= 11 is 0. The summed E-state index contributed by atoms with van der Waals surface area (Å²) in [5, 5.41) is 0. The zero-order valence-corrected chi connectivity index (χ0v) is 38.4. The predicted molar refractivity (Wildman–Crippen MR) is 235 cm³/mol. The van der Waals surface area contributed by atoms with Crippen molar-refractivity contribution in [1.82, 2.24) is 4.90 Å². The van der Waals surface area contributed by atoms with Crippen LogP contribution in [0.25, 0.3) is 0 Å². The van der Waals surface area contributed by atoms with Crippen molar-refractivity contribution in [2.45, 2.75) is 228 Å². The Bertz CT molecular complexity index is 1110. The highest BCUT2D eigenvalue weighted by Crippen LogP contribution is 2.77. The van der Waals surface area contributed by atoms with Gasteiger partial charge in [-0.2, -0.15) is 0 Å². The summed E-state index contributed by atoms with van der Waals surface area (Å²) in [7, 11) is 0. The van der Waals surface area contributed by atoms with Crippen molar-refractivity contribution in [2.24, 2.45) is 34.0 Å². The van der Waals surface area contributed by atoms with E-state index in [1.807, 2.05) is 0 Å². The van der Waals surface area contributed by atoms with E-state index in [4.69, 9.17) is 14.2 Å². The van der Waals surface area contributed by atoms with Crippen molar-refractivity contribution < 1.29 is 28.6 Å². The van der Waals surface area contributed by atoms with Crippen LogP contribution in [-0.2, 0) is 28.6 Å². The SMILES string of the molecule is CCCC(CCC)CCCCC(=O)OCCCC12CC3CC(CCCOC(=O)CCCN(CC)CC)(C1)CC3(CCCOC(=O)CCCCC(CCC)CCC)C2. The van der Waals surface area contributed by atoms with Crippen LogP contribution in [0.3, 0.4) is 0 Å². The Labute approximate surface area is 351 Å². The van der Waals surface area contributed by atoms with Gasteiger partial charge in [-0.15, -0.1) is 0 Å². The quantitative estimate of drug-likeness (QED) is 0.0354. The summed E-state index contributed by atoms with van der Waals surface area (Å²) in [5.41, 5.74) is 0.945. The summed E-state index contributed by atoms with van der Waals surface area (Å²) in [6, 6.07) is 0. The molecular formula is C50H91NO6. The van der Waals surface area contributed by atoms with E-state index in [2.05, 4.69) is 46.4 Å². The summed E-state index contributed by atoms with van der Waals surface area (Å²) in [6.45, 7) is 18.0. The Balaban J connectivity index is 1.47. The molecule has 0 aromatic rings. The largest absolute Gasteiger partial charge is 0.466 e. The van der Waals surface area contributed by atoms with Gasteiger partial charge in [-0.1, -0.05) is 119 Å². The molecule has 4 rings (SSSR count). The predicted octanol–water partition coefficient (Wildman–Crippen LogP) is 13.2. The lowest BCUT2D eigenvalue weighted by atomic mass is 9.56. The molecule has 4 aliphatic carbocycles. The first-order chi connectivity index (χ1) is 27.6. The van der Waals surface area contributed by atoms with Crippen LogP contribution in [0.1, 0.15) is 228 Å². The van der Waals surface area contributed by atoms with Gasteiger partial charge in [0.1, 0.15) is 0 Å². The zero-order valence-electron chi connectivity index (χ0n) is 38.4. The number of unbranched alkanes of at least 4 members (excludes halogenated alkanes) is 2. The molecule has 0 aromatic heterocycles. The van der Waals surface area contributed by atoms with E-state index >= 15 is 0 Å². The minimum atomic E-state index is -0.0538. The average molecular weight is 802 g/mol. The minimum Gasteiger partial charge on any atom is -0.466 e. The minimum absolute atomic E-state index is 0.0189. The summed E-state index contributed by atoms with van der Waals surface area (Å²) in [5.74, 6) is 2.25. The van der Waals surface area contributed by atoms with Crippen molar-refractivity contribution >= 4 is 17.9 Å². The van der Waals surface area contributed by atoms with Gasteiger partial charge in [0.05, 0.1) is 19.8 Å². The zero-order chi connectivity index (χ0) is 41.4. The maximum absolute atomic E-state index is 12.7. The smallest absolute Gasteiger partial charge is 0.305 e. The first kappa shape index (κ1) is 49.7. The van der Waals surface area contributed by atoms with Gasteiger partial charge in [0.25, 0.3) is 0 Å². The molecule has 0 amide bonds. The molecule has 332 valence electrons. The second-order valence-electron chi connectivity index (χ2n) is 19.5. The molecule has 4 saturated carbocycles. The summed E-state index contributed by atoms with van der Waals surface area (Å²) in [4.78, 5) is 40.2. The average Bonchev–Trinajstić information content (AvgIpc) is 3.54. The molecule has 0 aliphatic heterocycles. The molecule has 4 atom stereocenters. The van der Waals surface area contributed by atoms with Crippen LogP contribution in [0, 0.1) is 34.0 Å². The van der Waals surface area contributed by atoms with Crippen molar-refractivity contribution in [3.8, 4) is 0 Å². The van der Waals surface area contributed by atoms with Gasteiger partial charge in [0, 0.05) is 19.3 Å². The third-order valence-electron chi connectivity index (χ3n) is 14.8. The van der Waals surface area contributed by atoms with Crippen LogP contribution in [0.2, 0.25) is 0 Å². The molecule has 0 heterocycles. The number of hydrogen-bond acceptors (Lipinski definition) is 7. The molecular weight excluding hydrogens is 711 g/mol. The second kappa shape index (κ2) is 27.3. The lowest BCUT2D eigenvalue weighted by Gasteiger charge is -2.48. The highest BCUT2D eigenvalue weighted by molar-refractivity contribution is 5.69. The fourth-order valence-corrected chi connectivity index (χ4v) is 12.5. The molecule has 4 fully saturated rings.